The van der Waals surface area contributed by atoms with Gasteiger partial charge in [0.15, 0.2) is 0 Å². The van der Waals surface area contributed by atoms with E-state index >= 15 is 0 Å². The van der Waals surface area contributed by atoms with Crippen LogP contribution in [-0.2, 0) is 10.1 Å². The van der Waals surface area contributed by atoms with Gasteiger partial charge in [0.25, 0.3) is 10.1 Å². The maximum Gasteiger partial charge on any atom is 0.294 e. The monoisotopic (exact) mass is 198 g/mol. The van der Waals surface area contributed by atoms with Crippen LogP contribution in [0.25, 0.3) is 11.0 Å². The third kappa shape index (κ3) is 1.43. The maximum absolute atomic E-state index is 10.7. The minimum Gasteiger partial charge on any atom is -0.464 e. The van der Waals surface area contributed by atoms with E-state index in [4.69, 9.17) is 8.97 Å². The fraction of sp³-hybridized carbons (Fsp3) is 0. The van der Waals surface area contributed by atoms with E-state index in [1.165, 1.54) is 24.5 Å². The van der Waals surface area contributed by atoms with E-state index in [0.717, 1.165) is 0 Å². The van der Waals surface area contributed by atoms with Crippen molar-refractivity contribution in [1.29, 1.82) is 0 Å². The van der Waals surface area contributed by atoms with Crippen molar-refractivity contribution in [2.24, 2.45) is 0 Å². The highest BCUT2D eigenvalue weighted by Gasteiger charge is 2.10. The minimum atomic E-state index is -4.11. The predicted molar refractivity (Wildman–Crippen MR) is 46.0 cm³/mol. The first-order chi connectivity index (χ1) is 6.07. The van der Waals surface area contributed by atoms with Crippen molar-refractivity contribution in [3.05, 3.63) is 30.5 Å². The Morgan fingerprint density at radius 3 is 2.69 bits per heavy atom. The SMILES string of the molecule is O=S(=O)(O)c1ccc2occc2c1. The van der Waals surface area contributed by atoms with Crippen molar-refractivity contribution in [2.75, 3.05) is 0 Å². The van der Waals surface area contributed by atoms with Crippen LogP contribution in [0.5, 0.6) is 0 Å². The molecule has 1 aromatic carbocycles. The Morgan fingerprint density at radius 1 is 1.23 bits per heavy atom. The van der Waals surface area contributed by atoms with Crippen molar-refractivity contribution >= 4 is 21.1 Å². The lowest BCUT2D eigenvalue weighted by Crippen LogP contribution is -1.96. The first-order valence-electron chi connectivity index (χ1n) is 3.52. The van der Waals surface area contributed by atoms with Gasteiger partial charge in [0.1, 0.15) is 5.58 Å². The van der Waals surface area contributed by atoms with Gasteiger partial charge < -0.3 is 4.42 Å². The van der Waals surface area contributed by atoms with E-state index in [2.05, 4.69) is 0 Å². The summed E-state index contributed by atoms with van der Waals surface area (Å²) in [5.41, 5.74) is 0.590. The number of benzene rings is 1. The number of fused-ring (bicyclic) bond motifs is 1. The minimum absolute atomic E-state index is 0.124. The fourth-order valence-corrected chi connectivity index (χ4v) is 1.62. The lowest BCUT2D eigenvalue weighted by atomic mass is 10.3. The van der Waals surface area contributed by atoms with Gasteiger partial charge in [-0.1, -0.05) is 0 Å². The highest BCUT2D eigenvalue weighted by Crippen LogP contribution is 2.19. The molecule has 0 unspecified atom stereocenters. The second-order valence-corrected chi connectivity index (χ2v) is 4.02. The Morgan fingerprint density at radius 2 is 2.00 bits per heavy atom. The third-order valence-corrected chi connectivity index (χ3v) is 2.57. The Kier molecular flexibility index (Phi) is 1.64. The van der Waals surface area contributed by atoms with Crippen LogP contribution in [0.2, 0.25) is 0 Å². The van der Waals surface area contributed by atoms with E-state index in [-0.39, 0.29) is 4.90 Å². The molecule has 4 nitrogen and oxygen atoms in total. The molecule has 0 bridgehead atoms. The Labute approximate surface area is 74.5 Å². The largest absolute Gasteiger partial charge is 0.464 e. The number of hydrogen-bond donors (Lipinski definition) is 1. The number of hydrogen-bond acceptors (Lipinski definition) is 3. The van der Waals surface area contributed by atoms with Crippen LogP contribution in [0, 0.1) is 0 Å². The zero-order valence-corrected chi connectivity index (χ0v) is 7.28. The number of furan rings is 1. The van der Waals surface area contributed by atoms with Crippen molar-refractivity contribution in [1.82, 2.24) is 0 Å². The molecule has 68 valence electrons. The number of rotatable bonds is 1. The summed E-state index contributed by atoms with van der Waals surface area (Å²) in [6.07, 6.45) is 1.46. The lowest BCUT2D eigenvalue weighted by Gasteiger charge is -1.95. The molecule has 0 amide bonds. The van der Waals surface area contributed by atoms with Gasteiger partial charge in [-0.05, 0) is 24.3 Å². The smallest absolute Gasteiger partial charge is 0.294 e. The molecule has 0 fully saturated rings. The van der Waals surface area contributed by atoms with Crippen LogP contribution in [0.1, 0.15) is 0 Å². The van der Waals surface area contributed by atoms with Crippen LogP contribution >= 0.6 is 0 Å². The summed E-state index contributed by atoms with van der Waals surface area (Å²) in [5, 5.41) is 0.648. The summed E-state index contributed by atoms with van der Waals surface area (Å²) < 4.78 is 35.2. The van der Waals surface area contributed by atoms with Crippen molar-refractivity contribution in [3.8, 4) is 0 Å². The lowest BCUT2D eigenvalue weighted by molar-refractivity contribution is 0.483. The highest BCUT2D eigenvalue weighted by atomic mass is 32.2. The first kappa shape index (κ1) is 8.28. The zero-order valence-electron chi connectivity index (χ0n) is 6.47. The molecule has 13 heavy (non-hydrogen) atoms. The van der Waals surface area contributed by atoms with E-state index in [0.29, 0.717) is 11.0 Å². The molecule has 5 heteroatoms. The Balaban J connectivity index is 2.75. The van der Waals surface area contributed by atoms with Crippen molar-refractivity contribution in [2.45, 2.75) is 4.90 Å². The summed E-state index contributed by atoms with van der Waals surface area (Å²) in [7, 11) is -4.11. The summed E-state index contributed by atoms with van der Waals surface area (Å²) >= 11 is 0. The normalized spacial score (nSPS) is 12.1. The van der Waals surface area contributed by atoms with E-state index in [9.17, 15) is 8.42 Å². The predicted octanol–water partition coefficient (Wildman–Crippen LogP) is 1.68. The molecular formula is C8H6O4S. The van der Waals surface area contributed by atoms with Gasteiger partial charge in [0, 0.05) is 5.39 Å². The standard InChI is InChI=1S/C8H6O4S/c9-13(10,11)7-1-2-8-6(5-7)3-4-12-8/h1-5H,(H,9,10,11). The molecule has 2 aromatic rings. The van der Waals surface area contributed by atoms with Gasteiger partial charge >= 0.3 is 0 Å². The summed E-state index contributed by atoms with van der Waals surface area (Å²) in [6.45, 7) is 0. The summed E-state index contributed by atoms with van der Waals surface area (Å²) in [4.78, 5) is -0.124. The van der Waals surface area contributed by atoms with E-state index in [1.54, 1.807) is 6.07 Å². The van der Waals surface area contributed by atoms with Crippen LogP contribution in [-0.4, -0.2) is 13.0 Å². The molecule has 0 aliphatic carbocycles. The Bertz CT molecular complexity index is 538. The molecular weight excluding hydrogens is 192 g/mol. The second kappa shape index (κ2) is 2.58. The van der Waals surface area contributed by atoms with Crippen molar-refractivity contribution < 1.29 is 17.4 Å². The fourth-order valence-electron chi connectivity index (χ4n) is 1.11. The zero-order chi connectivity index (χ0) is 9.47. The highest BCUT2D eigenvalue weighted by molar-refractivity contribution is 7.85. The van der Waals surface area contributed by atoms with Gasteiger partial charge in [0.05, 0.1) is 11.2 Å². The summed E-state index contributed by atoms with van der Waals surface area (Å²) in [5.74, 6) is 0. The topological polar surface area (TPSA) is 67.5 Å². The van der Waals surface area contributed by atoms with Gasteiger partial charge in [-0.15, -0.1) is 0 Å². The molecule has 0 aliphatic heterocycles. The third-order valence-electron chi connectivity index (χ3n) is 1.72. The van der Waals surface area contributed by atoms with Crippen LogP contribution in [0.15, 0.2) is 39.8 Å². The molecule has 0 aliphatic rings. The molecule has 0 atom stereocenters. The molecule has 0 saturated carbocycles. The molecule has 1 N–H and O–H groups in total. The van der Waals surface area contributed by atoms with E-state index < -0.39 is 10.1 Å². The molecule has 1 heterocycles. The van der Waals surface area contributed by atoms with Gasteiger partial charge in [-0.2, -0.15) is 8.42 Å². The Hall–Kier alpha value is -1.33. The van der Waals surface area contributed by atoms with Crippen LogP contribution in [0.3, 0.4) is 0 Å². The molecule has 1 aromatic heterocycles. The first-order valence-corrected chi connectivity index (χ1v) is 4.96. The molecule has 2 rings (SSSR count). The van der Waals surface area contributed by atoms with Gasteiger partial charge in [-0.3, -0.25) is 4.55 Å². The quantitative estimate of drug-likeness (QED) is 0.708. The molecule has 0 radical (unpaired) electrons. The van der Waals surface area contributed by atoms with Crippen molar-refractivity contribution in [3.63, 3.8) is 0 Å². The van der Waals surface area contributed by atoms with Gasteiger partial charge in [0.2, 0.25) is 0 Å². The second-order valence-electron chi connectivity index (χ2n) is 2.60. The summed E-state index contributed by atoms with van der Waals surface area (Å²) in [6, 6.07) is 5.78. The van der Waals surface area contributed by atoms with Gasteiger partial charge in [-0.25, -0.2) is 0 Å². The average Bonchev–Trinajstić information content (AvgIpc) is 2.47. The van der Waals surface area contributed by atoms with Crippen LogP contribution < -0.4 is 0 Å². The average molecular weight is 198 g/mol. The van der Waals surface area contributed by atoms with Crippen LogP contribution in [0.4, 0.5) is 0 Å². The van der Waals surface area contributed by atoms with E-state index in [1.807, 2.05) is 0 Å². The maximum atomic E-state index is 10.7. The molecule has 0 spiro atoms. The molecule has 0 saturated heterocycles.